The van der Waals surface area contributed by atoms with Crippen molar-refractivity contribution in [2.45, 2.75) is 26.8 Å². The monoisotopic (exact) mass is 303 g/mol. The molecule has 0 aliphatic heterocycles. The van der Waals surface area contributed by atoms with Gasteiger partial charge in [0.1, 0.15) is 0 Å². The van der Waals surface area contributed by atoms with Gasteiger partial charge in [0, 0.05) is 16.2 Å². The van der Waals surface area contributed by atoms with Gasteiger partial charge in [0.2, 0.25) is 0 Å². The molecule has 0 aliphatic carbocycles. The van der Waals surface area contributed by atoms with Gasteiger partial charge in [0.25, 0.3) is 0 Å². The van der Waals surface area contributed by atoms with Crippen molar-refractivity contribution in [3.63, 3.8) is 0 Å². The fourth-order valence-corrected chi connectivity index (χ4v) is 2.45. The standard InChI is InChI=1S/C16H18BrN/c1-11-4-9-16(12(2)10-11)13(3)18-15-7-5-14(17)6-8-15/h4-10,13,18H,1-3H3. The molecule has 0 saturated heterocycles. The molecule has 2 rings (SSSR count). The average Bonchev–Trinajstić information content (AvgIpc) is 2.32. The van der Waals surface area contributed by atoms with Crippen molar-refractivity contribution >= 4 is 21.6 Å². The van der Waals surface area contributed by atoms with Crippen molar-refractivity contribution in [2.75, 3.05) is 5.32 Å². The largest absolute Gasteiger partial charge is 0.379 e. The highest BCUT2D eigenvalue weighted by Crippen LogP contribution is 2.23. The maximum absolute atomic E-state index is 3.52. The molecule has 0 spiro atoms. The Kier molecular flexibility index (Phi) is 4.07. The quantitative estimate of drug-likeness (QED) is 0.817. The Morgan fingerprint density at radius 2 is 1.67 bits per heavy atom. The van der Waals surface area contributed by atoms with Gasteiger partial charge in [-0.15, -0.1) is 0 Å². The van der Waals surface area contributed by atoms with Gasteiger partial charge < -0.3 is 5.32 Å². The third-order valence-corrected chi connectivity index (χ3v) is 3.65. The molecule has 94 valence electrons. The minimum absolute atomic E-state index is 0.312. The van der Waals surface area contributed by atoms with Gasteiger partial charge in [0.15, 0.2) is 0 Å². The number of rotatable bonds is 3. The fourth-order valence-electron chi connectivity index (χ4n) is 2.19. The Labute approximate surface area is 117 Å². The molecular formula is C16H18BrN. The van der Waals surface area contributed by atoms with Crippen LogP contribution >= 0.6 is 15.9 Å². The summed E-state index contributed by atoms with van der Waals surface area (Å²) in [6, 6.07) is 15.2. The number of aryl methyl sites for hydroxylation is 2. The smallest absolute Gasteiger partial charge is 0.0488 e. The molecular weight excluding hydrogens is 286 g/mol. The van der Waals surface area contributed by atoms with E-state index in [1.165, 1.54) is 16.7 Å². The third kappa shape index (κ3) is 3.14. The van der Waals surface area contributed by atoms with Crippen molar-refractivity contribution in [1.82, 2.24) is 0 Å². The van der Waals surface area contributed by atoms with Gasteiger partial charge in [-0.25, -0.2) is 0 Å². The molecule has 0 saturated carbocycles. The van der Waals surface area contributed by atoms with E-state index in [-0.39, 0.29) is 0 Å². The second-order valence-electron chi connectivity index (χ2n) is 4.73. The number of hydrogen-bond donors (Lipinski definition) is 1. The summed E-state index contributed by atoms with van der Waals surface area (Å²) < 4.78 is 1.10. The van der Waals surface area contributed by atoms with Crippen molar-refractivity contribution in [1.29, 1.82) is 0 Å². The predicted molar refractivity (Wildman–Crippen MR) is 82.1 cm³/mol. The van der Waals surface area contributed by atoms with E-state index in [0.29, 0.717) is 6.04 Å². The highest BCUT2D eigenvalue weighted by molar-refractivity contribution is 9.10. The molecule has 0 fully saturated rings. The lowest BCUT2D eigenvalue weighted by Gasteiger charge is -2.18. The predicted octanol–water partition coefficient (Wildman–Crippen LogP) is 5.24. The van der Waals surface area contributed by atoms with Crippen LogP contribution in [0.2, 0.25) is 0 Å². The van der Waals surface area contributed by atoms with Crippen molar-refractivity contribution in [2.24, 2.45) is 0 Å². The fraction of sp³-hybridized carbons (Fsp3) is 0.250. The first-order valence-corrected chi connectivity index (χ1v) is 6.95. The molecule has 0 bridgehead atoms. The lowest BCUT2D eigenvalue weighted by Crippen LogP contribution is -2.08. The lowest BCUT2D eigenvalue weighted by atomic mass is 10.00. The van der Waals surface area contributed by atoms with Crippen LogP contribution < -0.4 is 5.32 Å². The summed E-state index contributed by atoms with van der Waals surface area (Å²) in [7, 11) is 0. The zero-order valence-corrected chi connectivity index (χ0v) is 12.6. The molecule has 0 aliphatic rings. The first kappa shape index (κ1) is 13.2. The summed E-state index contributed by atoms with van der Waals surface area (Å²) in [5, 5.41) is 3.52. The molecule has 0 radical (unpaired) electrons. The van der Waals surface area contributed by atoms with Gasteiger partial charge in [-0.3, -0.25) is 0 Å². The highest BCUT2D eigenvalue weighted by Gasteiger charge is 2.08. The number of hydrogen-bond acceptors (Lipinski definition) is 1. The van der Waals surface area contributed by atoms with Gasteiger partial charge in [0.05, 0.1) is 0 Å². The Bertz CT molecular complexity index is 531. The average molecular weight is 304 g/mol. The molecule has 1 atom stereocenters. The first-order chi connectivity index (χ1) is 8.56. The summed E-state index contributed by atoms with van der Waals surface area (Å²) in [4.78, 5) is 0. The number of benzene rings is 2. The molecule has 0 heterocycles. The molecule has 1 nitrogen and oxygen atoms in total. The van der Waals surface area contributed by atoms with Gasteiger partial charge in [-0.1, -0.05) is 39.7 Å². The van der Waals surface area contributed by atoms with E-state index in [0.717, 1.165) is 10.2 Å². The van der Waals surface area contributed by atoms with Crippen molar-refractivity contribution < 1.29 is 0 Å². The molecule has 2 aromatic rings. The summed E-state index contributed by atoms with van der Waals surface area (Å²) in [6.45, 7) is 6.49. The van der Waals surface area contributed by atoms with Crippen LogP contribution in [0, 0.1) is 13.8 Å². The summed E-state index contributed by atoms with van der Waals surface area (Å²) in [5.74, 6) is 0. The van der Waals surface area contributed by atoms with Gasteiger partial charge in [-0.05, 0) is 56.2 Å². The summed E-state index contributed by atoms with van der Waals surface area (Å²) in [6.07, 6.45) is 0. The van der Waals surface area contributed by atoms with Crippen LogP contribution in [0.25, 0.3) is 0 Å². The minimum atomic E-state index is 0.312. The van der Waals surface area contributed by atoms with E-state index in [4.69, 9.17) is 0 Å². The zero-order chi connectivity index (χ0) is 13.1. The van der Waals surface area contributed by atoms with Gasteiger partial charge >= 0.3 is 0 Å². The maximum Gasteiger partial charge on any atom is 0.0488 e. The summed E-state index contributed by atoms with van der Waals surface area (Å²) in [5.41, 5.74) is 5.15. The molecule has 1 unspecified atom stereocenters. The minimum Gasteiger partial charge on any atom is -0.379 e. The number of nitrogens with one attached hydrogen (secondary N) is 1. The SMILES string of the molecule is Cc1ccc(C(C)Nc2ccc(Br)cc2)c(C)c1. The van der Waals surface area contributed by atoms with E-state index < -0.39 is 0 Å². The maximum atomic E-state index is 3.52. The lowest BCUT2D eigenvalue weighted by molar-refractivity contribution is 0.873. The highest BCUT2D eigenvalue weighted by atomic mass is 79.9. The van der Waals surface area contributed by atoms with E-state index in [2.05, 4.69) is 84.5 Å². The number of halogens is 1. The Balaban J connectivity index is 2.16. The number of anilines is 1. The van der Waals surface area contributed by atoms with Gasteiger partial charge in [-0.2, -0.15) is 0 Å². The van der Waals surface area contributed by atoms with Crippen LogP contribution in [0.1, 0.15) is 29.7 Å². The zero-order valence-electron chi connectivity index (χ0n) is 11.0. The van der Waals surface area contributed by atoms with Crippen LogP contribution in [0.4, 0.5) is 5.69 Å². The van der Waals surface area contributed by atoms with E-state index >= 15 is 0 Å². The Morgan fingerprint density at radius 3 is 2.28 bits per heavy atom. The van der Waals surface area contributed by atoms with E-state index in [9.17, 15) is 0 Å². The normalized spacial score (nSPS) is 12.2. The van der Waals surface area contributed by atoms with Crippen molar-refractivity contribution in [3.05, 3.63) is 63.6 Å². The molecule has 2 aromatic carbocycles. The molecule has 18 heavy (non-hydrogen) atoms. The van der Waals surface area contributed by atoms with Crippen LogP contribution in [0.3, 0.4) is 0 Å². The van der Waals surface area contributed by atoms with Crippen LogP contribution in [0.15, 0.2) is 46.9 Å². The first-order valence-electron chi connectivity index (χ1n) is 6.15. The Hall–Kier alpha value is -1.28. The Morgan fingerprint density at radius 1 is 1.00 bits per heavy atom. The molecule has 0 aromatic heterocycles. The van der Waals surface area contributed by atoms with Crippen LogP contribution in [0.5, 0.6) is 0 Å². The van der Waals surface area contributed by atoms with Crippen molar-refractivity contribution in [3.8, 4) is 0 Å². The van der Waals surface area contributed by atoms with Crippen LogP contribution in [-0.4, -0.2) is 0 Å². The van der Waals surface area contributed by atoms with Crippen LogP contribution in [-0.2, 0) is 0 Å². The third-order valence-electron chi connectivity index (χ3n) is 3.12. The topological polar surface area (TPSA) is 12.0 Å². The summed E-state index contributed by atoms with van der Waals surface area (Å²) >= 11 is 3.45. The molecule has 1 N–H and O–H groups in total. The second kappa shape index (κ2) is 5.57. The van der Waals surface area contributed by atoms with E-state index in [1.807, 2.05) is 0 Å². The molecule has 0 amide bonds. The molecule has 2 heteroatoms. The second-order valence-corrected chi connectivity index (χ2v) is 5.65. The van der Waals surface area contributed by atoms with E-state index in [1.54, 1.807) is 0 Å².